The number of hydrogen-bond acceptors (Lipinski definition) is 9. The first-order chi connectivity index (χ1) is 27.6. The van der Waals surface area contributed by atoms with Crippen LogP contribution in [-0.4, -0.2) is 49.3 Å². The molecule has 57 heavy (non-hydrogen) atoms. The van der Waals surface area contributed by atoms with E-state index in [0.717, 1.165) is 55.6 Å². The van der Waals surface area contributed by atoms with Crippen molar-refractivity contribution in [1.82, 2.24) is 0 Å². The minimum atomic E-state index is -0.145. The zero-order chi connectivity index (χ0) is 41.0. The molecule has 6 aromatic rings. The first kappa shape index (κ1) is 42.9. The Morgan fingerprint density at radius 3 is 0.825 bits per heavy atom. The van der Waals surface area contributed by atoms with Crippen LogP contribution in [0.5, 0.6) is 34.5 Å². The monoisotopic (exact) mass is 765 g/mol. The Kier molecular flexibility index (Phi) is 16.9. The van der Waals surface area contributed by atoms with Crippen molar-refractivity contribution in [2.24, 2.45) is 15.0 Å². The maximum atomic E-state index is 9.65. The number of rotatable bonds is 12. The van der Waals surface area contributed by atoms with Gasteiger partial charge in [0, 0.05) is 35.3 Å². The molecule has 0 radical (unpaired) electrons. The smallest absolute Gasteiger partial charge is 0.166 e. The fourth-order valence-corrected chi connectivity index (χ4v) is 5.50. The largest absolute Gasteiger partial charge is 0.504 e. The van der Waals surface area contributed by atoms with Gasteiger partial charge < -0.3 is 30.6 Å². The van der Waals surface area contributed by atoms with Crippen LogP contribution in [0.25, 0.3) is 0 Å². The Morgan fingerprint density at radius 1 is 0.351 bits per heavy atom. The molecule has 6 N–H and O–H groups in total. The van der Waals surface area contributed by atoms with E-state index in [-0.39, 0.29) is 34.5 Å². The highest BCUT2D eigenvalue weighted by atomic mass is 16.3. The molecule has 0 aliphatic carbocycles. The molecule has 0 amide bonds. The van der Waals surface area contributed by atoms with Crippen molar-refractivity contribution >= 4 is 35.7 Å². The van der Waals surface area contributed by atoms with E-state index in [4.69, 9.17) is 0 Å². The van der Waals surface area contributed by atoms with Crippen LogP contribution in [0.4, 0.5) is 17.1 Å². The highest BCUT2D eigenvalue weighted by molar-refractivity contribution is 5.88. The first-order valence-electron chi connectivity index (χ1n) is 19.0. The van der Waals surface area contributed by atoms with Crippen LogP contribution in [-0.2, 0) is 19.3 Å². The quantitative estimate of drug-likeness (QED) is 0.0537. The van der Waals surface area contributed by atoms with Gasteiger partial charge in [-0.15, -0.1) is 0 Å². The lowest BCUT2D eigenvalue weighted by atomic mass is 10.1. The van der Waals surface area contributed by atoms with Crippen LogP contribution in [0.3, 0.4) is 0 Å². The molecular weight excluding hydrogens is 715 g/mol. The van der Waals surface area contributed by atoms with Crippen molar-refractivity contribution in [3.8, 4) is 34.5 Å². The molecule has 294 valence electrons. The highest BCUT2D eigenvalue weighted by Gasteiger charge is 2.05. The Hall–Kier alpha value is -6.87. The lowest BCUT2D eigenvalue weighted by molar-refractivity contribution is 0.403. The molecule has 0 aliphatic rings. The van der Waals surface area contributed by atoms with Gasteiger partial charge in [0.15, 0.2) is 34.5 Å². The predicted octanol–water partition coefficient (Wildman–Crippen LogP) is 11.4. The SMILES string of the molecule is CCCc1ccc(N=Cc2cccc(O)c2O)cc1.CCCc1ccc(N=Cc2cccc(O)c2O)cc1.CCCc1ccc(N=Cc2cccc(O)c2O)cc1. The minimum Gasteiger partial charge on any atom is -0.504 e. The van der Waals surface area contributed by atoms with Crippen molar-refractivity contribution in [3.63, 3.8) is 0 Å². The summed E-state index contributed by atoms with van der Waals surface area (Å²) in [4.78, 5) is 12.9. The topological polar surface area (TPSA) is 158 Å². The molecule has 0 spiro atoms. The second kappa shape index (κ2) is 22.5. The summed E-state index contributed by atoms with van der Waals surface area (Å²) >= 11 is 0. The van der Waals surface area contributed by atoms with E-state index < -0.39 is 0 Å². The molecule has 0 atom stereocenters. The Balaban J connectivity index is 0.000000189. The van der Waals surface area contributed by atoms with E-state index in [2.05, 4.69) is 72.1 Å². The number of benzene rings is 6. The van der Waals surface area contributed by atoms with E-state index in [0.29, 0.717) is 16.7 Å². The molecule has 0 bridgehead atoms. The van der Waals surface area contributed by atoms with E-state index in [1.165, 1.54) is 34.9 Å². The molecule has 9 nitrogen and oxygen atoms in total. The normalized spacial score (nSPS) is 11.0. The average Bonchev–Trinajstić information content (AvgIpc) is 3.22. The summed E-state index contributed by atoms with van der Waals surface area (Å²) in [6.45, 7) is 6.45. The van der Waals surface area contributed by atoms with Gasteiger partial charge in [-0.1, -0.05) is 94.6 Å². The maximum Gasteiger partial charge on any atom is 0.166 e. The third kappa shape index (κ3) is 13.7. The number of phenols is 6. The molecule has 0 aromatic heterocycles. The van der Waals surface area contributed by atoms with Gasteiger partial charge >= 0.3 is 0 Å². The van der Waals surface area contributed by atoms with Crippen molar-refractivity contribution in [2.75, 3.05) is 0 Å². The van der Waals surface area contributed by atoms with Crippen molar-refractivity contribution in [3.05, 3.63) is 161 Å². The highest BCUT2D eigenvalue weighted by Crippen LogP contribution is 2.29. The van der Waals surface area contributed by atoms with Gasteiger partial charge in [0.25, 0.3) is 0 Å². The molecule has 0 heterocycles. The summed E-state index contributed by atoms with van der Waals surface area (Å²) in [5, 5.41) is 57.1. The molecule has 0 fully saturated rings. The lowest BCUT2D eigenvalue weighted by Gasteiger charge is -2.01. The van der Waals surface area contributed by atoms with Crippen molar-refractivity contribution in [1.29, 1.82) is 0 Å². The number of hydrogen-bond donors (Lipinski definition) is 6. The third-order valence-corrected chi connectivity index (χ3v) is 8.62. The molecule has 6 rings (SSSR count). The summed E-state index contributed by atoms with van der Waals surface area (Å²) in [5.74, 6) is -0.844. The van der Waals surface area contributed by atoms with Crippen LogP contribution in [0.15, 0.2) is 142 Å². The summed E-state index contributed by atoms with van der Waals surface area (Å²) in [7, 11) is 0. The Morgan fingerprint density at radius 2 is 0.596 bits per heavy atom. The molecule has 9 heteroatoms. The molecule has 0 saturated carbocycles. The van der Waals surface area contributed by atoms with Crippen LogP contribution in [0, 0.1) is 0 Å². The standard InChI is InChI=1S/3C16H17NO2/c3*1-2-4-12-7-9-14(10-8-12)17-11-13-5-3-6-15(18)16(13)19/h3*3,5-11,18-19H,2,4H2,1H3. The van der Waals surface area contributed by atoms with Crippen molar-refractivity contribution in [2.45, 2.75) is 59.3 Å². The summed E-state index contributed by atoms with van der Waals surface area (Å²) < 4.78 is 0. The zero-order valence-corrected chi connectivity index (χ0v) is 32.6. The molecule has 0 aliphatic heterocycles. The van der Waals surface area contributed by atoms with Crippen molar-refractivity contribution < 1.29 is 30.6 Å². The van der Waals surface area contributed by atoms with Gasteiger partial charge in [0.1, 0.15) is 0 Å². The van der Waals surface area contributed by atoms with Gasteiger partial charge in [0.05, 0.1) is 17.1 Å². The second-order valence-corrected chi connectivity index (χ2v) is 13.2. The predicted molar refractivity (Wildman–Crippen MR) is 232 cm³/mol. The number of aromatic hydroxyl groups is 6. The number of para-hydroxylation sites is 3. The van der Waals surface area contributed by atoms with Crippen LogP contribution in [0.2, 0.25) is 0 Å². The number of nitrogens with zero attached hydrogens (tertiary/aromatic N) is 3. The van der Waals surface area contributed by atoms with Gasteiger partial charge in [0.2, 0.25) is 0 Å². The van der Waals surface area contributed by atoms with E-state index >= 15 is 0 Å². The van der Waals surface area contributed by atoms with Gasteiger partial charge in [-0.05, 0) is 109 Å². The Bertz CT molecular complexity index is 1980. The minimum absolute atomic E-state index is 0.137. The fourth-order valence-electron chi connectivity index (χ4n) is 5.50. The number of phenolic OH excluding ortho intramolecular Hbond substituents is 6. The zero-order valence-electron chi connectivity index (χ0n) is 32.6. The third-order valence-electron chi connectivity index (χ3n) is 8.62. The van der Waals surface area contributed by atoms with E-state index in [9.17, 15) is 30.6 Å². The molecular formula is C48H51N3O6. The lowest BCUT2D eigenvalue weighted by Crippen LogP contribution is -1.83. The molecule has 0 saturated heterocycles. The van der Waals surface area contributed by atoms with Crippen LogP contribution < -0.4 is 0 Å². The summed E-state index contributed by atoms with van der Waals surface area (Å²) in [6, 6.07) is 38.4. The molecule has 6 aromatic carbocycles. The maximum absolute atomic E-state index is 9.65. The first-order valence-corrected chi connectivity index (χ1v) is 19.0. The van der Waals surface area contributed by atoms with E-state index in [1.807, 2.05) is 36.4 Å². The summed E-state index contributed by atoms with van der Waals surface area (Å²) in [6.07, 6.45) is 11.2. The summed E-state index contributed by atoms with van der Waals surface area (Å²) in [5.41, 5.74) is 7.84. The second-order valence-electron chi connectivity index (χ2n) is 13.2. The molecule has 0 unspecified atom stereocenters. The Labute approximate surface area is 335 Å². The van der Waals surface area contributed by atoms with Gasteiger partial charge in [-0.2, -0.15) is 0 Å². The van der Waals surface area contributed by atoms with Crippen LogP contribution in [0.1, 0.15) is 73.4 Å². The fraction of sp³-hybridized carbons (Fsp3) is 0.188. The van der Waals surface area contributed by atoms with Crippen LogP contribution >= 0.6 is 0 Å². The van der Waals surface area contributed by atoms with Gasteiger partial charge in [-0.25, -0.2) is 0 Å². The van der Waals surface area contributed by atoms with E-state index in [1.54, 1.807) is 55.0 Å². The number of aliphatic imine (C=N–C) groups is 3. The average molecular weight is 766 g/mol. The number of aryl methyl sites for hydroxylation is 3. The van der Waals surface area contributed by atoms with Gasteiger partial charge in [-0.3, -0.25) is 15.0 Å².